The molecule has 1 atom stereocenters. The molecule has 0 aliphatic rings. The third-order valence-corrected chi connectivity index (χ3v) is 4.09. The van der Waals surface area contributed by atoms with Crippen molar-refractivity contribution in [1.82, 2.24) is 4.90 Å². The molecule has 1 N–H and O–H groups in total. The van der Waals surface area contributed by atoms with Crippen molar-refractivity contribution >= 4 is 11.6 Å². The molecule has 0 saturated heterocycles. The fourth-order valence-corrected chi connectivity index (χ4v) is 2.55. The van der Waals surface area contributed by atoms with Gasteiger partial charge in [0.05, 0.1) is 12.6 Å². The fourth-order valence-electron chi connectivity index (χ4n) is 2.55. The lowest BCUT2D eigenvalue weighted by Crippen LogP contribution is -2.39. The van der Waals surface area contributed by atoms with Gasteiger partial charge < -0.3 is 14.8 Å². The maximum Gasteiger partial charge on any atom is 0.387 e. The number of alkyl halides is 2. The Morgan fingerprint density at radius 2 is 1.93 bits per heavy atom. The van der Waals surface area contributed by atoms with Crippen molar-refractivity contribution in [2.24, 2.45) is 0 Å². The van der Waals surface area contributed by atoms with Crippen molar-refractivity contribution in [3.8, 4) is 11.5 Å². The van der Waals surface area contributed by atoms with Crippen LogP contribution in [0.4, 0.5) is 18.9 Å². The number of hydrogen-bond acceptors (Lipinski definition) is 4. The van der Waals surface area contributed by atoms with E-state index in [1.807, 2.05) is 0 Å². The van der Waals surface area contributed by atoms with Gasteiger partial charge in [-0.2, -0.15) is 8.78 Å². The second-order valence-corrected chi connectivity index (χ2v) is 6.18. The van der Waals surface area contributed by atoms with Gasteiger partial charge in [0.2, 0.25) is 5.91 Å². The monoisotopic (exact) mass is 396 g/mol. The molecule has 1 unspecified atom stereocenters. The molecule has 0 spiro atoms. The molecule has 1 amide bonds. The van der Waals surface area contributed by atoms with E-state index >= 15 is 0 Å². The molecule has 5 nitrogen and oxygen atoms in total. The number of halogens is 3. The lowest BCUT2D eigenvalue weighted by Gasteiger charge is -2.24. The van der Waals surface area contributed by atoms with Crippen LogP contribution in [0.15, 0.2) is 42.5 Å². The van der Waals surface area contributed by atoms with Gasteiger partial charge in [-0.3, -0.25) is 9.69 Å². The molecule has 8 heteroatoms. The first kappa shape index (κ1) is 21.6. The van der Waals surface area contributed by atoms with Gasteiger partial charge in [0.25, 0.3) is 0 Å². The number of carbonyl (C=O) groups is 1. The fraction of sp³-hybridized carbons (Fsp3) is 0.350. The highest BCUT2D eigenvalue weighted by Gasteiger charge is 2.19. The quantitative estimate of drug-likeness (QED) is 0.687. The minimum atomic E-state index is -2.95. The van der Waals surface area contributed by atoms with E-state index < -0.39 is 18.5 Å². The Morgan fingerprint density at radius 3 is 2.57 bits per heavy atom. The van der Waals surface area contributed by atoms with E-state index in [0.717, 1.165) is 5.56 Å². The Hall–Kier alpha value is -2.74. The van der Waals surface area contributed by atoms with Crippen LogP contribution in [-0.2, 0) is 11.3 Å². The Balaban J connectivity index is 2.04. The molecule has 0 aliphatic carbocycles. The summed E-state index contributed by atoms with van der Waals surface area (Å²) in [5.74, 6) is -0.560. The van der Waals surface area contributed by atoms with Crippen LogP contribution in [0.3, 0.4) is 0 Å². The molecule has 2 aromatic rings. The normalized spacial score (nSPS) is 12.1. The van der Waals surface area contributed by atoms with Crippen LogP contribution in [0.25, 0.3) is 0 Å². The maximum absolute atomic E-state index is 13.2. The van der Waals surface area contributed by atoms with E-state index in [1.165, 1.54) is 24.3 Å². The zero-order valence-electron chi connectivity index (χ0n) is 15.9. The highest BCUT2D eigenvalue weighted by Crippen LogP contribution is 2.30. The molecule has 0 saturated carbocycles. The van der Waals surface area contributed by atoms with Crippen molar-refractivity contribution in [3.63, 3.8) is 0 Å². The van der Waals surface area contributed by atoms with Crippen molar-refractivity contribution in [3.05, 3.63) is 53.8 Å². The third-order valence-electron chi connectivity index (χ3n) is 4.09. The molecule has 28 heavy (non-hydrogen) atoms. The average molecular weight is 396 g/mol. The van der Waals surface area contributed by atoms with Crippen LogP contribution in [0.1, 0.15) is 19.4 Å². The van der Waals surface area contributed by atoms with E-state index in [2.05, 4.69) is 10.1 Å². The first-order chi connectivity index (χ1) is 13.3. The third kappa shape index (κ3) is 6.16. The first-order valence-electron chi connectivity index (χ1n) is 8.77. The summed E-state index contributed by atoms with van der Waals surface area (Å²) in [6.07, 6.45) is 0. The van der Waals surface area contributed by atoms with Crippen LogP contribution < -0.4 is 14.8 Å². The number of amides is 1. The van der Waals surface area contributed by atoms with E-state index in [-0.39, 0.29) is 17.4 Å². The molecule has 0 radical (unpaired) electrons. The summed E-state index contributed by atoms with van der Waals surface area (Å²) < 4.78 is 48.1. The Labute approximate surface area is 162 Å². The molecule has 0 heterocycles. The molecule has 0 fully saturated rings. The molecule has 0 bridgehead atoms. The summed E-state index contributed by atoms with van der Waals surface area (Å²) in [5.41, 5.74) is 1.13. The van der Waals surface area contributed by atoms with E-state index in [4.69, 9.17) is 4.74 Å². The summed E-state index contributed by atoms with van der Waals surface area (Å²) in [4.78, 5) is 14.2. The Morgan fingerprint density at radius 1 is 1.18 bits per heavy atom. The number of ether oxygens (including phenoxy) is 2. The molecule has 0 aliphatic heterocycles. The Bertz CT molecular complexity index is 802. The predicted molar refractivity (Wildman–Crippen MR) is 100 cm³/mol. The highest BCUT2D eigenvalue weighted by molar-refractivity contribution is 5.94. The molecule has 152 valence electrons. The average Bonchev–Trinajstić information content (AvgIpc) is 2.63. The van der Waals surface area contributed by atoms with E-state index in [0.29, 0.717) is 18.8 Å². The minimum Gasteiger partial charge on any atom is -0.490 e. The largest absolute Gasteiger partial charge is 0.490 e. The Kier molecular flexibility index (Phi) is 7.69. The van der Waals surface area contributed by atoms with Crippen LogP contribution in [0.2, 0.25) is 0 Å². The second kappa shape index (κ2) is 9.98. The van der Waals surface area contributed by atoms with Gasteiger partial charge in [-0.15, -0.1) is 0 Å². The van der Waals surface area contributed by atoms with Crippen molar-refractivity contribution in [2.45, 2.75) is 33.0 Å². The molecule has 2 aromatic carbocycles. The zero-order chi connectivity index (χ0) is 20.7. The maximum atomic E-state index is 13.2. The van der Waals surface area contributed by atoms with Gasteiger partial charge in [-0.25, -0.2) is 4.39 Å². The molecular formula is C20H23F3N2O3. The van der Waals surface area contributed by atoms with Crippen LogP contribution in [-0.4, -0.2) is 37.1 Å². The molecule has 0 aromatic heterocycles. The summed E-state index contributed by atoms with van der Waals surface area (Å²) in [6, 6.07) is 9.78. The number of anilines is 1. The van der Waals surface area contributed by atoms with Crippen molar-refractivity contribution < 1.29 is 27.4 Å². The molecular weight excluding hydrogens is 373 g/mol. The zero-order valence-corrected chi connectivity index (χ0v) is 15.9. The van der Waals surface area contributed by atoms with Gasteiger partial charge in [0.1, 0.15) is 5.82 Å². The lowest BCUT2D eigenvalue weighted by atomic mass is 10.1. The van der Waals surface area contributed by atoms with Gasteiger partial charge in [0, 0.05) is 12.2 Å². The number of carbonyl (C=O) groups excluding carboxylic acids is 1. The van der Waals surface area contributed by atoms with Gasteiger partial charge in [0.15, 0.2) is 11.5 Å². The van der Waals surface area contributed by atoms with Crippen molar-refractivity contribution in [2.75, 3.05) is 19.0 Å². The smallest absolute Gasteiger partial charge is 0.387 e. The minimum absolute atomic E-state index is 0.0415. The van der Waals surface area contributed by atoms with Crippen LogP contribution in [0.5, 0.6) is 11.5 Å². The SMILES string of the molecule is CCOc1cc(CN(C)C(C)C(=O)Nc2cccc(F)c2)ccc1OC(F)F. The second-order valence-electron chi connectivity index (χ2n) is 6.18. The number of nitrogens with one attached hydrogen (secondary N) is 1. The number of rotatable bonds is 9. The number of hydrogen-bond donors (Lipinski definition) is 1. The number of nitrogens with zero attached hydrogens (tertiary/aromatic N) is 1. The number of benzene rings is 2. The molecule has 2 rings (SSSR count). The first-order valence-corrected chi connectivity index (χ1v) is 8.77. The highest BCUT2D eigenvalue weighted by atomic mass is 19.3. The van der Waals surface area contributed by atoms with Crippen molar-refractivity contribution in [1.29, 1.82) is 0 Å². The summed E-state index contributed by atoms with van der Waals surface area (Å²) >= 11 is 0. The summed E-state index contributed by atoms with van der Waals surface area (Å²) in [6.45, 7) is 1.17. The van der Waals surface area contributed by atoms with Gasteiger partial charge >= 0.3 is 6.61 Å². The number of likely N-dealkylation sites (N-methyl/N-ethyl adjacent to an activating group) is 1. The summed E-state index contributed by atoms with van der Waals surface area (Å²) in [5, 5.41) is 2.66. The van der Waals surface area contributed by atoms with Gasteiger partial charge in [-0.05, 0) is 56.8 Å². The lowest BCUT2D eigenvalue weighted by molar-refractivity contribution is -0.120. The van der Waals surface area contributed by atoms with Crippen LogP contribution in [0, 0.1) is 5.82 Å². The summed E-state index contributed by atoms with van der Waals surface area (Å²) in [7, 11) is 1.75. The topological polar surface area (TPSA) is 50.8 Å². The van der Waals surface area contributed by atoms with E-state index in [9.17, 15) is 18.0 Å². The van der Waals surface area contributed by atoms with Gasteiger partial charge in [-0.1, -0.05) is 12.1 Å². The van der Waals surface area contributed by atoms with Crippen LogP contribution >= 0.6 is 0 Å². The standard InChI is InChI=1S/C20H23F3N2O3/c1-4-27-18-10-14(8-9-17(18)28-20(22)23)12-25(3)13(2)19(26)24-16-7-5-6-15(21)11-16/h5-11,13,20H,4,12H2,1-3H3,(H,24,26). The predicted octanol–water partition coefficient (Wildman–Crippen LogP) is 4.28. The van der Waals surface area contributed by atoms with E-state index in [1.54, 1.807) is 44.0 Å².